The highest BCUT2D eigenvalue weighted by molar-refractivity contribution is 9.18. The summed E-state index contributed by atoms with van der Waals surface area (Å²) < 4.78 is 3.42. The van der Waals surface area contributed by atoms with Gasteiger partial charge in [0, 0.05) is 35.4 Å². The molecule has 0 radical (unpaired) electrons. The van der Waals surface area contributed by atoms with Crippen molar-refractivity contribution in [1.29, 1.82) is 0 Å². The van der Waals surface area contributed by atoms with Gasteiger partial charge < -0.3 is 9.67 Å². The molecule has 0 aliphatic carbocycles. The molecule has 1 atom stereocenters. The van der Waals surface area contributed by atoms with Crippen molar-refractivity contribution < 1.29 is 9.59 Å². The Kier molecular flexibility index (Phi) is 4.08. The summed E-state index contributed by atoms with van der Waals surface area (Å²) in [5, 5.41) is 7.00. The van der Waals surface area contributed by atoms with Crippen molar-refractivity contribution in [3.63, 3.8) is 0 Å². The Morgan fingerprint density at radius 2 is 2.21 bits per heavy atom. The van der Waals surface area contributed by atoms with Crippen molar-refractivity contribution >= 4 is 26.9 Å². The molecular weight excluding hydrogens is 310 g/mol. The molecule has 1 aromatic heterocycles. The zero-order valence-electron chi connectivity index (χ0n) is 10.7. The van der Waals surface area contributed by atoms with E-state index in [0.29, 0.717) is 11.0 Å². The van der Waals surface area contributed by atoms with Crippen LogP contribution in [0.25, 0.3) is 0 Å². The largest absolute Gasteiger partial charge is 0.400 e. The predicted octanol–water partition coefficient (Wildman–Crippen LogP) is 1.47. The molecule has 0 saturated heterocycles. The van der Waals surface area contributed by atoms with E-state index in [1.54, 1.807) is 18.7 Å². The summed E-state index contributed by atoms with van der Waals surface area (Å²) in [7, 11) is 3.07. The molecular formula is C12H15BrN5O+. The number of rotatable bonds is 2. The molecule has 0 saturated carbocycles. The number of fused-ring (bicyclic) bond motifs is 1. The van der Waals surface area contributed by atoms with Gasteiger partial charge in [0.1, 0.15) is 11.9 Å². The molecule has 19 heavy (non-hydrogen) atoms. The molecule has 1 aromatic rings. The first-order valence-electron chi connectivity index (χ1n) is 5.66. The Morgan fingerprint density at radius 1 is 1.42 bits per heavy atom. The Hall–Kier alpha value is -1.57. The number of halogens is 1. The summed E-state index contributed by atoms with van der Waals surface area (Å²) in [6.07, 6.45) is 11.1. The molecule has 2 aliphatic rings. The fraction of sp³-hybridized carbons (Fsp3) is 0.250. The maximum absolute atomic E-state index is 7.00. The van der Waals surface area contributed by atoms with Crippen LogP contribution >= 0.6 is 15.9 Å². The molecule has 7 heteroatoms. The van der Waals surface area contributed by atoms with Crippen LogP contribution in [0, 0.1) is 0 Å². The van der Waals surface area contributed by atoms with E-state index in [4.69, 9.17) is 5.11 Å². The molecule has 100 valence electrons. The van der Waals surface area contributed by atoms with Crippen LogP contribution in [0.5, 0.6) is 0 Å². The normalized spacial score (nSPS) is 23.9. The lowest BCUT2D eigenvalue weighted by atomic mass is 10.3. The van der Waals surface area contributed by atoms with Gasteiger partial charge in [0.15, 0.2) is 5.70 Å². The molecule has 3 heterocycles. The van der Waals surface area contributed by atoms with Gasteiger partial charge in [-0.25, -0.2) is 9.47 Å². The van der Waals surface area contributed by atoms with Gasteiger partial charge in [0.2, 0.25) is 0 Å². The molecule has 0 bridgehead atoms. The van der Waals surface area contributed by atoms with Crippen LogP contribution in [-0.4, -0.2) is 44.3 Å². The highest BCUT2D eigenvalue weighted by Gasteiger charge is 2.39. The minimum atomic E-state index is 0.549. The second kappa shape index (κ2) is 5.60. The van der Waals surface area contributed by atoms with Crippen LogP contribution in [0.15, 0.2) is 52.5 Å². The molecule has 0 spiro atoms. The van der Waals surface area contributed by atoms with Gasteiger partial charge in [-0.3, -0.25) is 4.99 Å². The van der Waals surface area contributed by atoms with Gasteiger partial charge in [-0.2, -0.15) is 4.99 Å². The van der Waals surface area contributed by atoms with Gasteiger partial charge in [0.05, 0.1) is 32.3 Å². The molecule has 1 unspecified atom stereocenters. The predicted molar refractivity (Wildman–Crippen MR) is 77.6 cm³/mol. The monoisotopic (exact) mass is 324 g/mol. The third-order valence-electron chi connectivity index (χ3n) is 2.95. The van der Waals surface area contributed by atoms with E-state index < -0.39 is 0 Å². The summed E-state index contributed by atoms with van der Waals surface area (Å²) in [4.78, 5) is 12.8. The van der Waals surface area contributed by atoms with E-state index in [2.05, 4.69) is 37.9 Å². The van der Waals surface area contributed by atoms with Crippen LogP contribution < -0.4 is 0 Å². The molecule has 2 aliphatic heterocycles. The molecule has 0 aromatic carbocycles. The minimum Gasteiger partial charge on any atom is -0.400 e. The first-order chi connectivity index (χ1) is 9.20. The number of aliphatic hydroxyl groups is 1. The number of imidazole rings is 1. The quantitative estimate of drug-likeness (QED) is 0.661. The summed E-state index contributed by atoms with van der Waals surface area (Å²) in [5.41, 5.74) is 2.10. The van der Waals surface area contributed by atoms with Gasteiger partial charge >= 0.3 is 0 Å². The number of amidine groups is 1. The highest BCUT2D eigenvalue weighted by atomic mass is 79.9. The second-order valence-electron chi connectivity index (χ2n) is 4.10. The first kappa shape index (κ1) is 13.9. The van der Waals surface area contributed by atoms with Crippen LogP contribution in [0.1, 0.15) is 0 Å². The Labute approximate surface area is 119 Å². The second-order valence-corrected chi connectivity index (χ2v) is 4.81. The van der Waals surface area contributed by atoms with E-state index in [9.17, 15) is 0 Å². The fourth-order valence-electron chi connectivity index (χ4n) is 1.93. The minimum absolute atomic E-state index is 0.549. The Balaban J connectivity index is 0.000000637. The maximum atomic E-state index is 7.00. The van der Waals surface area contributed by atoms with E-state index in [0.717, 1.165) is 23.2 Å². The molecule has 1 N–H and O–H groups in total. The zero-order chi connectivity index (χ0) is 13.9. The van der Waals surface area contributed by atoms with Crippen LogP contribution in [-0.2, 0) is 6.54 Å². The number of hydrogen-bond donors (Lipinski definition) is 1. The van der Waals surface area contributed by atoms with Crippen LogP contribution in [0.3, 0.4) is 0 Å². The molecule has 0 fully saturated rings. The molecule has 3 rings (SSSR count). The van der Waals surface area contributed by atoms with Crippen molar-refractivity contribution in [2.45, 2.75) is 6.54 Å². The molecule has 0 amide bonds. The van der Waals surface area contributed by atoms with Gasteiger partial charge in [-0.1, -0.05) is 0 Å². The Bertz CT molecular complexity index is 573. The zero-order valence-corrected chi connectivity index (χ0v) is 12.3. The van der Waals surface area contributed by atoms with Crippen molar-refractivity contribution in [3.8, 4) is 0 Å². The number of aliphatic hydroxyl groups excluding tert-OH is 1. The average molecular weight is 325 g/mol. The third-order valence-corrected chi connectivity index (χ3v) is 3.86. The van der Waals surface area contributed by atoms with Gasteiger partial charge in [0.25, 0.3) is 4.74 Å². The summed E-state index contributed by atoms with van der Waals surface area (Å²) in [6.45, 7) is 0.706. The Morgan fingerprint density at radius 3 is 2.89 bits per heavy atom. The lowest BCUT2D eigenvalue weighted by Gasteiger charge is -2.25. The van der Waals surface area contributed by atoms with Crippen LogP contribution in [0.4, 0.5) is 0 Å². The lowest BCUT2D eigenvalue weighted by Crippen LogP contribution is -2.39. The smallest absolute Gasteiger partial charge is 0.281 e. The number of nitrogens with zero attached hydrogens (tertiary/aromatic N) is 5. The van der Waals surface area contributed by atoms with Crippen molar-refractivity contribution in [3.05, 3.63) is 42.5 Å². The van der Waals surface area contributed by atoms with Crippen molar-refractivity contribution in [2.75, 3.05) is 14.2 Å². The number of hydrogen-bond acceptors (Lipinski definition) is 4. The SMILES string of the molecule is CO.C[N+]12C=CN=CC1=C(Cn1ccnc1)N=C2Br. The third kappa shape index (κ3) is 2.44. The van der Waals surface area contributed by atoms with Gasteiger partial charge in [-0.05, 0) is 0 Å². The van der Waals surface area contributed by atoms with E-state index in [1.807, 2.05) is 23.2 Å². The highest BCUT2D eigenvalue weighted by Crippen LogP contribution is 2.32. The number of quaternary nitrogens is 1. The number of aliphatic imine (C=N–C) groups is 2. The van der Waals surface area contributed by atoms with Crippen LogP contribution in [0.2, 0.25) is 0 Å². The topological polar surface area (TPSA) is 62.8 Å². The first-order valence-corrected chi connectivity index (χ1v) is 6.45. The summed E-state index contributed by atoms with van der Waals surface area (Å²) in [6, 6.07) is 0. The number of allylic oxidation sites excluding steroid dienone is 2. The van der Waals surface area contributed by atoms with E-state index in [-0.39, 0.29) is 0 Å². The van der Waals surface area contributed by atoms with E-state index in [1.165, 1.54) is 0 Å². The van der Waals surface area contributed by atoms with Gasteiger partial charge in [-0.15, -0.1) is 0 Å². The standard InChI is InChI=1S/C11H11BrN5.CH4O/c1-17-5-3-13-6-10(17)9(15-11(17)12)7-16-4-2-14-8-16;1-2/h2-6,8H,7H2,1H3;2H,1H3/q+1;. The van der Waals surface area contributed by atoms with Crippen molar-refractivity contribution in [1.82, 2.24) is 9.55 Å². The summed E-state index contributed by atoms with van der Waals surface area (Å²) in [5.74, 6) is 0. The summed E-state index contributed by atoms with van der Waals surface area (Å²) >= 11 is 3.52. The fourth-order valence-corrected chi connectivity index (χ4v) is 2.45. The lowest BCUT2D eigenvalue weighted by molar-refractivity contribution is -0.709. The van der Waals surface area contributed by atoms with E-state index >= 15 is 0 Å². The maximum Gasteiger partial charge on any atom is 0.281 e. The molecule has 6 nitrogen and oxygen atoms in total. The number of aromatic nitrogens is 2. The van der Waals surface area contributed by atoms with Crippen molar-refractivity contribution in [2.24, 2.45) is 9.98 Å². The average Bonchev–Trinajstić information content (AvgIpc) is 3.01.